The van der Waals surface area contributed by atoms with Crippen molar-refractivity contribution < 1.29 is 4.74 Å². The maximum Gasteiger partial charge on any atom is 0.224 e. The van der Waals surface area contributed by atoms with Gasteiger partial charge in [-0.3, -0.25) is 0 Å². The number of hydrogen-bond acceptors (Lipinski definition) is 5. The van der Waals surface area contributed by atoms with Crippen molar-refractivity contribution in [3.05, 3.63) is 35.5 Å². The Balaban J connectivity index is 1.99. The average Bonchev–Trinajstić information content (AvgIpc) is 2.52. The van der Waals surface area contributed by atoms with Crippen LogP contribution in [-0.4, -0.2) is 23.6 Å². The highest BCUT2D eigenvalue weighted by atomic mass is 35.5. The Bertz CT molecular complexity index is 606. The summed E-state index contributed by atoms with van der Waals surface area (Å²) >= 11 is 6.12. The first-order chi connectivity index (χ1) is 10.7. The van der Waals surface area contributed by atoms with Crippen LogP contribution in [0.5, 0.6) is 5.75 Å². The van der Waals surface area contributed by atoms with E-state index >= 15 is 0 Å². The van der Waals surface area contributed by atoms with E-state index in [0.717, 1.165) is 18.7 Å². The van der Waals surface area contributed by atoms with Crippen molar-refractivity contribution >= 4 is 29.1 Å². The van der Waals surface area contributed by atoms with E-state index in [-0.39, 0.29) is 0 Å². The van der Waals surface area contributed by atoms with Crippen LogP contribution in [0.2, 0.25) is 5.02 Å². The van der Waals surface area contributed by atoms with Gasteiger partial charge in [0.15, 0.2) is 0 Å². The summed E-state index contributed by atoms with van der Waals surface area (Å²) in [6.07, 6.45) is 5.24. The molecular formula is C16H21ClN4O. The third-order valence-corrected chi connectivity index (χ3v) is 3.44. The molecule has 0 bridgehead atoms. The van der Waals surface area contributed by atoms with Crippen molar-refractivity contribution in [2.24, 2.45) is 0 Å². The molecule has 1 aromatic carbocycles. The van der Waals surface area contributed by atoms with Crippen LogP contribution in [0.1, 0.15) is 26.2 Å². The highest BCUT2D eigenvalue weighted by Gasteiger charge is 2.04. The van der Waals surface area contributed by atoms with E-state index in [1.807, 2.05) is 18.2 Å². The number of nitrogens with zero attached hydrogens (tertiary/aromatic N) is 2. The second kappa shape index (κ2) is 8.44. The van der Waals surface area contributed by atoms with Gasteiger partial charge < -0.3 is 15.4 Å². The molecule has 0 amide bonds. The molecule has 6 heteroatoms. The fourth-order valence-electron chi connectivity index (χ4n) is 1.98. The molecule has 0 aliphatic heterocycles. The third-order valence-electron chi connectivity index (χ3n) is 3.14. The third kappa shape index (κ3) is 4.77. The largest absolute Gasteiger partial charge is 0.495 e. The van der Waals surface area contributed by atoms with Gasteiger partial charge in [-0.25, -0.2) is 4.98 Å². The monoisotopic (exact) mass is 320 g/mol. The maximum atomic E-state index is 6.12. The fourth-order valence-corrected chi connectivity index (χ4v) is 2.24. The SMILES string of the molecule is CCCCCNc1nccc(Nc2ccc(OC)c(Cl)c2)n1. The van der Waals surface area contributed by atoms with E-state index in [2.05, 4.69) is 27.5 Å². The van der Waals surface area contributed by atoms with Gasteiger partial charge in [-0.2, -0.15) is 4.98 Å². The number of aromatic nitrogens is 2. The molecule has 1 heterocycles. The second-order valence-corrected chi connectivity index (χ2v) is 5.28. The molecule has 0 spiro atoms. The minimum Gasteiger partial charge on any atom is -0.495 e. The van der Waals surface area contributed by atoms with Crippen molar-refractivity contribution in [2.45, 2.75) is 26.2 Å². The molecule has 0 radical (unpaired) electrons. The topological polar surface area (TPSA) is 59.1 Å². The molecule has 0 saturated carbocycles. The fraction of sp³-hybridized carbons (Fsp3) is 0.375. The number of unbranched alkanes of at least 4 members (excludes halogenated alkanes) is 2. The van der Waals surface area contributed by atoms with Gasteiger partial charge in [0.2, 0.25) is 5.95 Å². The van der Waals surface area contributed by atoms with Crippen molar-refractivity contribution in [1.29, 1.82) is 0 Å². The van der Waals surface area contributed by atoms with Gasteiger partial charge in [-0.1, -0.05) is 31.4 Å². The Morgan fingerprint density at radius 3 is 2.82 bits per heavy atom. The highest BCUT2D eigenvalue weighted by molar-refractivity contribution is 6.32. The molecule has 2 rings (SSSR count). The van der Waals surface area contributed by atoms with Crippen molar-refractivity contribution in [2.75, 3.05) is 24.3 Å². The second-order valence-electron chi connectivity index (χ2n) is 4.87. The number of methoxy groups -OCH3 is 1. The van der Waals surface area contributed by atoms with E-state index < -0.39 is 0 Å². The molecule has 22 heavy (non-hydrogen) atoms. The Morgan fingerprint density at radius 2 is 2.09 bits per heavy atom. The smallest absolute Gasteiger partial charge is 0.224 e. The molecule has 0 unspecified atom stereocenters. The minimum absolute atomic E-state index is 0.555. The van der Waals surface area contributed by atoms with E-state index in [9.17, 15) is 0 Å². The molecule has 0 aliphatic carbocycles. The van der Waals surface area contributed by atoms with Crippen LogP contribution in [0.3, 0.4) is 0 Å². The van der Waals surface area contributed by atoms with E-state index in [1.165, 1.54) is 12.8 Å². The summed E-state index contributed by atoms with van der Waals surface area (Å²) in [6, 6.07) is 7.32. The summed E-state index contributed by atoms with van der Waals surface area (Å²) in [5.41, 5.74) is 0.849. The van der Waals surface area contributed by atoms with Gasteiger partial charge >= 0.3 is 0 Å². The zero-order chi connectivity index (χ0) is 15.8. The molecule has 1 aromatic heterocycles. The zero-order valence-electron chi connectivity index (χ0n) is 12.9. The summed E-state index contributed by atoms with van der Waals surface area (Å²) < 4.78 is 5.14. The van der Waals surface area contributed by atoms with Crippen molar-refractivity contribution in [3.8, 4) is 5.75 Å². The predicted molar refractivity (Wildman–Crippen MR) is 91.3 cm³/mol. The lowest BCUT2D eigenvalue weighted by atomic mass is 10.2. The highest BCUT2D eigenvalue weighted by Crippen LogP contribution is 2.28. The molecule has 0 atom stereocenters. The van der Waals surface area contributed by atoms with Gasteiger partial charge in [0.1, 0.15) is 11.6 Å². The van der Waals surface area contributed by atoms with Gasteiger partial charge in [-0.15, -0.1) is 0 Å². The molecule has 0 saturated heterocycles. The summed E-state index contributed by atoms with van der Waals surface area (Å²) in [4.78, 5) is 8.65. The summed E-state index contributed by atoms with van der Waals surface area (Å²) in [5, 5.41) is 6.99. The summed E-state index contributed by atoms with van der Waals surface area (Å²) in [7, 11) is 1.59. The van der Waals surface area contributed by atoms with Crippen molar-refractivity contribution in [1.82, 2.24) is 9.97 Å². The molecule has 2 aromatic rings. The van der Waals surface area contributed by atoms with E-state index in [4.69, 9.17) is 16.3 Å². The van der Waals surface area contributed by atoms with Crippen LogP contribution < -0.4 is 15.4 Å². The first-order valence-corrected chi connectivity index (χ1v) is 7.78. The molecule has 0 aliphatic rings. The number of benzene rings is 1. The number of nitrogens with one attached hydrogen (secondary N) is 2. The number of ether oxygens (including phenoxy) is 1. The number of rotatable bonds is 8. The van der Waals surface area contributed by atoms with Crippen LogP contribution in [0.15, 0.2) is 30.5 Å². The quantitative estimate of drug-likeness (QED) is 0.702. The van der Waals surface area contributed by atoms with Gasteiger partial charge in [0, 0.05) is 18.4 Å². The molecule has 118 valence electrons. The number of anilines is 3. The van der Waals surface area contributed by atoms with Gasteiger partial charge in [0.05, 0.1) is 12.1 Å². The molecular weight excluding hydrogens is 300 g/mol. The number of halogens is 1. The van der Waals surface area contributed by atoms with Crippen LogP contribution in [-0.2, 0) is 0 Å². The van der Waals surface area contributed by atoms with Gasteiger partial charge in [-0.05, 0) is 30.7 Å². The average molecular weight is 321 g/mol. The van der Waals surface area contributed by atoms with E-state index in [0.29, 0.717) is 22.5 Å². The lowest BCUT2D eigenvalue weighted by Gasteiger charge is -2.10. The van der Waals surface area contributed by atoms with Crippen LogP contribution in [0, 0.1) is 0 Å². The van der Waals surface area contributed by atoms with Crippen LogP contribution in [0.25, 0.3) is 0 Å². The zero-order valence-corrected chi connectivity index (χ0v) is 13.7. The lowest BCUT2D eigenvalue weighted by Crippen LogP contribution is -2.06. The first-order valence-electron chi connectivity index (χ1n) is 7.40. The molecule has 5 nitrogen and oxygen atoms in total. The lowest BCUT2D eigenvalue weighted by molar-refractivity contribution is 0.415. The Morgan fingerprint density at radius 1 is 1.23 bits per heavy atom. The maximum absolute atomic E-state index is 6.12. The van der Waals surface area contributed by atoms with E-state index in [1.54, 1.807) is 19.4 Å². The van der Waals surface area contributed by atoms with Crippen LogP contribution >= 0.6 is 11.6 Å². The Labute approximate surface area is 136 Å². The molecule has 2 N–H and O–H groups in total. The standard InChI is InChI=1S/C16H21ClN4O/c1-3-4-5-9-18-16-19-10-8-15(21-16)20-12-6-7-14(22-2)13(17)11-12/h6-8,10-11H,3-5,9H2,1-2H3,(H2,18,19,20,21). The van der Waals surface area contributed by atoms with Crippen molar-refractivity contribution in [3.63, 3.8) is 0 Å². The summed E-state index contributed by atoms with van der Waals surface area (Å²) in [6.45, 7) is 3.06. The summed E-state index contributed by atoms with van der Waals surface area (Å²) in [5.74, 6) is 1.99. The van der Waals surface area contributed by atoms with Gasteiger partial charge in [0.25, 0.3) is 0 Å². The first kappa shape index (κ1) is 16.4. The predicted octanol–water partition coefficient (Wildman–Crippen LogP) is 4.48. The van der Waals surface area contributed by atoms with Crippen LogP contribution in [0.4, 0.5) is 17.5 Å². The minimum atomic E-state index is 0.555. The Kier molecular flexibility index (Phi) is 6.27. The normalized spacial score (nSPS) is 10.3. The number of hydrogen-bond donors (Lipinski definition) is 2. The molecule has 0 fully saturated rings. The Hall–Kier alpha value is -2.01.